The first-order valence-corrected chi connectivity index (χ1v) is 6.76. The van der Waals surface area contributed by atoms with Crippen molar-refractivity contribution in [1.29, 1.82) is 0 Å². The number of ether oxygens (including phenoxy) is 1. The van der Waals surface area contributed by atoms with Crippen LogP contribution in [0, 0.1) is 6.92 Å². The lowest BCUT2D eigenvalue weighted by Gasteiger charge is -2.06. The molecule has 0 N–H and O–H groups in total. The number of thiazole rings is 1. The minimum atomic E-state index is 0.719. The quantitative estimate of drug-likeness (QED) is 0.815. The van der Waals surface area contributed by atoms with E-state index in [1.54, 1.807) is 18.4 Å². The molecular formula is C14H15NOS. The summed E-state index contributed by atoms with van der Waals surface area (Å²) in [6, 6.07) is 6.27. The van der Waals surface area contributed by atoms with Crippen LogP contribution in [0.1, 0.15) is 30.0 Å². The molecule has 1 aromatic carbocycles. The highest BCUT2D eigenvalue weighted by molar-refractivity contribution is 7.13. The van der Waals surface area contributed by atoms with E-state index in [-0.39, 0.29) is 0 Å². The average Bonchev–Trinajstić information content (AvgIpc) is 3.08. The van der Waals surface area contributed by atoms with Crippen LogP contribution in [0.25, 0.3) is 10.6 Å². The Labute approximate surface area is 105 Å². The predicted octanol–water partition coefficient (Wildman–Crippen LogP) is 4.00. The average molecular weight is 245 g/mol. The topological polar surface area (TPSA) is 22.1 Å². The van der Waals surface area contributed by atoms with Crippen LogP contribution in [0.15, 0.2) is 23.6 Å². The van der Waals surface area contributed by atoms with Gasteiger partial charge in [-0.2, -0.15) is 0 Å². The van der Waals surface area contributed by atoms with Crippen molar-refractivity contribution < 1.29 is 4.74 Å². The molecule has 0 unspecified atom stereocenters. The minimum Gasteiger partial charge on any atom is -0.496 e. The fourth-order valence-corrected chi connectivity index (χ4v) is 2.88. The van der Waals surface area contributed by atoms with Crippen molar-refractivity contribution >= 4 is 11.3 Å². The van der Waals surface area contributed by atoms with Gasteiger partial charge >= 0.3 is 0 Å². The lowest BCUT2D eigenvalue weighted by atomic mass is 10.1. The van der Waals surface area contributed by atoms with Crippen LogP contribution >= 0.6 is 11.3 Å². The highest BCUT2D eigenvalue weighted by Gasteiger charge is 2.26. The van der Waals surface area contributed by atoms with E-state index in [1.807, 2.05) is 0 Å². The zero-order valence-corrected chi connectivity index (χ0v) is 10.9. The maximum Gasteiger partial charge on any atom is 0.129 e. The highest BCUT2D eigenvalue weighted by Crippen LogP contribution is 2.42. The van der Waals surface area contributed by atoms with E-state index in [4.69, 9.17) is 9.72 Å². The molecule has 0 bridgehead atoms. The van der Waals surface area contributed by atoms with Gasteiger partial charge in [0.05, 0.1) is 18.4 Å². The van der Waals surface area contributed by atoms with Gasteiger partial charge in [0, 0.05) is 11.3 Å². The van der Waals surface area contributed by atoms with Crippen LogP contribution in [-0.2, 0) is 0 Å². The summed E-state index contributed by atoms with van der Waals surface area (Å²) in [6.45, 7) is 2.07. The molecule has 0 amide bonds. The second-order valence-electron chi connectivity index (χ2n) is 4.56. The van der Waals surface area contributed by atoms with Gasteiger partial charge in [0.25, 0.3) is 0 Å². The Morgan fingerprint density at radius 3 is 2.88 bits per heavy atom. The van der Waals surface area contributed by atoms with Gasteiger partial charge in [0.15, 0.2) is 0 Å². The van der Waals surface area contributed by atoms with E-state index in [1.165, 1.54) is 24.1 Å². The fourth-order valence-electron chi connectivity index (χ4n) is 1.95. The van der Waals surface area contributed by atoms with Crippen LogP contribution in [0.5, 0.6) is 5.75 Å². The van der Waals surface area contributed by atoms with Gasteiger partial charge in [0.1, 0.15) is 10.8 Å². The molecule has 1 fully saturated rings. The summed E-state index contributed by atoms with van der Waals surface area (Å²) in [6.07, 6.45) is 2.60. The predicted molar refractivity (Wildman–Crippen MR) is 70.8 cm³/mol. The Morgan fingerprint density at radius 1 is 1.35 bits per heavy atom. The van der Waals surface area contributed by atoms with Crippen molar-refractivity contribution in [3.63, 3.8) is 0 Å². The second kappa shape index (κ2) is 4.15. The largest absolute Gasteiger partial charge is 0.496 e. The monoisotopic (exact) mass is 245 g/mol. The third kappa shape index (κ3) is 2.07. The number of methoxy groups -OCH3 is 1. The van der Waals surface area contributed by atoms with Crippen molar-refractivity contribution in [2.24, 2.45) is 0 Å². The van der Waals surface area contributed by atoms with Crippen molar-refractivity contribution in [3.8, 4) is 16.3 Å². The minimum absolute atomic E-state index is 0.719. The third-order valence-corrected chi connectivity index (χ3v) is 4.00. The summed E-state index contributed by atoms with van der Waals surface area (Å²) in [5.41, 5.74) is 3.58. The number of aryl methyl sites for hydroxylation is 1. The molecule has 0 radical (unpaired) electrons. The molecule has 0 atom stereocenters. The van der Waals surface area contributed by atoms with Crippen LogP contribution in [0.4, 0.5) is 0 Å². The number of aromatic nitrogens is 1. The standard InChI is InChI=1S/C14H15NOS/c1-9-3-6-11(13(7-9)16-2)14-15-12(8-17-14)10-4-5-10/h3,6-8,10H,4-5H2,1-2H3. The third-order valence-electron chi connectivity index (χ3n) is 3.11. The molecule has 2 nitrogen and oxygen atoms in total. The maximum atomic E-state index is 5.43. The molecule has 1 saturated carbocycles. The fraction of sp³-hybridized carbons (Fsp3) is 0.357. The smallest absolute Gasteiger partial charge is 0.129 e. The second-order valence-corrected chi connectivity index (χ2v) is 5.41. The van der Waals surface area contributed by atoms with Crippen LogP contribution < -0.4 is 4.74 Å². The molecule has 1 aliphatic carbocycles. The summed E-state index contributed by atoms with van der Waals surface area (Å²) < 4.78 is 5.43. The Balaban J connectivity index is 2.01. The molecule has 0 spiro atoms. The van der Waals surface area contributed by atoms with Crippen molar-refractivity contribution in [1.82, 2.24) is 4.98 Å². The number of nitrogens with zero attached hydrogens (tertiary/aromatic N) is 1. The van der Waals surface area contributed by atoms with Gasteiger partial charge in [0.2, 0.25) is 0 Å². The molecule has 1 heterocycles. The molecule has 17 heavy (non-hydrogen) atoms. The SMILES string of the molecule is COc1cc(C)ccc1-c1nc(C2CC2)cs1. The Kier molecular flexibility index (Phi) is 2.63. The van der Waals surface area contributed by atoms with E-state index in [2.05, 4.69) is 30.5 Å². The summed E-state index contributed by atoms with van der Waals surface area (Å²) in [5, 5.41) is 3.26. The first-order chi connectivity index (χ1) is 8.28. The van der Waals surface area contributed by atoms with Gasteiger partial charge in [-0.3, -0.25) is 0 Å². The van der Waals surface area contributed by atoms with Crippen molar-refractivity contribution in [2.75, 3.05) is 7.11 Å². The Morgan fingerprint density at radius 2 is 2.18 bits per heavy atom. The molecule has 3 rings (SSSR count). The summed E-state index contributed by atoms with van der Waals surface area (Å²) in [5.74, 6) is 1.64. The van der Waals surface area contributed by atoms with Gasteiger partial charge in [-0.15, -0.1) is 11.3 Å². The van der Waals surface area contributed by atoms with Crippen LogP contribution in [0.3, 0.4) is 0 Å². The number of benzene rings is 1. The van der Waals surface area contributed by atoms with Gasteiger partial charge in [-0.25, -0.2) is 4.98 Å². The number of rotatable bonds is 3. The summed E-state index contributed by atoms with van der Waals surface area (Å²) >= 11 is 1.72. The van der Waals surface area contributed by atoms with Crippen molar-refractivity contribution in [3.05, 3.63) is 34.8 Å². The summed E-state index contributed by atoms with van der Waals surface area (Å²) in [4.78, 5) is 4.72. The lowest BCUT2D eigenvalue weighted by molar-refractivity contribution is 0.416. The summed E-state index contributed by atoms with van der Waals surface area (Å²) in [7, 11) is 1.72. The Bertz CT molecular complexity index is 543. The van der Waals surface area contributed by atoms with Gasteiger partial charge in [-0.1, -0.05) is 6.07 Å². The van der Waals surface area contributed by atoms with E-state index in [9.17, 15) is 0 Å². The van der Waals surface area contributed by atoms with Crippen LogP contribution in [0.2, 0.25) is 0 Å². The number of hydrogen-bond acceptors (Lipinski definition) is 3. The molecule has 3 heteroatoms. The van der Waals surface area contributed by atoms with E-state index in [0.29, 0.717) is 0 Å². The Hall–Kier alpha value is -1.35. The van der Waals surface area contributed by atoms with Gasteiger partial charge < -0.3 is 4.74 Å². The molecule has 1 aromatic heterocycles. The molecule has 2 aromatic rings. The first-order valence-electron chi connectivity index (χ1n) is 5.88. The molecule has 88 valence electrons. The molecule has 0 aliphatic heterocycles. The first kappa shape index (κ1) is 10.8. The zero-order chi connectivity index (χ0) is 11.8. The maximum absolute atomic E-state index is 5.43. The van der Waals surface area contributed by atoms with E-state index >= 15 is 0 Å². The normalized spacial score (nSPS) is 14.9. The van der Waals surface area contributed by atoms with E-state index < -0.39 is 0 Å². The molecule has 1 aliphatic rings. The zero-order valence-electron chi connectivity index (χ0n) is 10.1. The molecule has 0 saturated heterocycles. The highest BCUT2D eigenvalue weighted by atomic mass is 32.1. The van der Waals surface area contributed by atoms with E-state index in [0.717, 1.165) is 22.2 Å². The lowest BCUT2D eigenvalue weighted by Crippen LogP contribution is -1.89. The number of hydrogen-bond donors (Lipinski definition) is 0. The van der Waals surface area contributed by atoms with Gasteiger partial charge in [-0.05, 0) is 37.5 Å². The molecular weight excluding hydrogens is 230 g/mol. The van der Waals surface area contributed by atoms with Crippen molar-refractivity contribution in [2.45, 2.75) is 25.7 Å². The van der Waals surface area contributed by atoms with Crippen LogP contribution in [-0.4, -0.2) is 12.1 Å².